The van der Waals surface area contributed by atoms with Gasteiger partial charge in [-0.15, -0.1) is 0 Å². The van der Waals surface area contributed by atoms with Crippen molar-refractivity contribution in [1.29, 1.82) is 0 Å². The van der Waals surface area contributed by atoms with Crippen molar-refractivity contribution >= 4 is 13.9 Å². The quantitative estimate of drug-likeness (QED) is 0.507. The smallest absolute Gasteiger partial charge is 0.410 e. The molecule has 4 heteroatoms. The highest BCUT2D eigenvalue weighted by Gasteiger charge is 2.30. The fourth-order valence-corrected chi connectivity index (χ4v) is 0.988. The molecule has 1 rings (SSSR count). The predicted molar refractivity (Wildman–Crippen MR) is 47.3 cm³/mol. The fraction of sp³-hybridized carbons (Fsp3) is 0.875. The minimum absolute atomic E-state index is 0.137. The molecule has 12 heavy (non-hydrogen) atoms. The lowest BCUT2D eigenvalue weighted by molar-refractivity contribution is 0.0133. The summed E-state index contributed by atoms with van der Waals surface area (Å²) in [4.78, 5) is 12.8. The van der Waals surface area contributed by atoms with Gasteiger partial charge in [0.05, 0.1) is 7.85 Å². The average Bonchev–Trinajstić information content (AvgIpc) is 1.76. The average molecular weight is 167 g/mol. The molecule has 0 bridgehead atoms. The molecule has 1 aliphatic heterocycles. The lowest BCUT2D eigenvalue weighted by atomic mass is 9.81. The van der Waals surface area contributed by atoms with E-state index in [1.165, 1.54) is 0 Å². The number of carbonyl (C=O) groups excluding carboxylic acids is 1. The summed E-state index contributed by atoms with van der Waals surface area (Å²) in [5, 5.41) is 0. The van der Waals surface area contributed by atoms with Crippen LogP contribution in [0, 0.1) is 0 Å². The van der Waals surface area contributed by atoms with Crippen LogP contribution < -0.4 is 0 Å². The Morgan fingerprint density at radius 2 is 2.00 bits per heavy atom. The lowest BCUT2D eigenvalue weighted by Gasteiger charge is -2.38. The van der Waals surface area contributed by atoms with Crippen molar-refractivity contribution in [2.45, 2.75) is 32.2 Å². The summed E-state index contributed by atoms with van der Waals surface area (Å²) in [7, 11) is 5.52. The van der Waals surface area contributed by atoms with Crippen LogP contribution >= 0.6 is 0 Å². The van der Waals surface area contributed by atoms with Crippen LogP contribution in [0.25, 0.3) is 0 Å². The van der Waals surface area contributed by atoms with Crippen LogP contribution in [0.1, 0.15) is 20.8 Å². The Balaban J connectivity index is 2.30. The number of likely N-dealkylation sites (tertiary alicyclic amines) is 1. The Morgan fingerprint density at radius 1 is 1.50 bits per heavy atom. The van der Waals surface area contributed by atoms with E-state index in [9.17, 15) is 4.79 Å². The van der Waals surface area contributed by atoms with Gasteiger partial charge in [0.1, 0.15) is 5.60 Å². The van der Waals surface area contributed by atoms with Gasteiger partial charge in [-0.1, -0.05) is 0 Å². The molecule has 66 valence electrons. The van der Waals surface area contributed by atoms with Gasteiger partial charge < -0.3 is 9.64 Å². The van der Waals surface area contributed by atoms with Crippen molar-refractivity contribution < 1.29 is 9.53 Å². The van der Waals surface area contributed by atoms with Crippen LogP contribution in [-0.4, -0.2) is 37.5 Å². The molecule has 1 fully saturated rings. The number of rotatable bonds is 0. The van der Waals surface area contributed by atoms with E-state index in [4.69, 9.17) is 12.6 Å². The van der Waals surface area contributed by atoms with Gasteiger partial charge in [-0.3, -0.25) is 0 Å². The molecule has 0 atom stereocenters. The topological polar surface area (TPSA) is 29.5 Å². The van der Waals surface area contributed by atoms with Crippen molar-refractivity contribution in [3.8, 4) is 0 Å². The molecule has 3 nitrogen and oxygen atoms in total. The lowest BCUT2D eigenvalue weighted by Crippen LogP contribution is -2.48. The molecule has 1 aliphatic rings. The summed E-state index contributed by atoms with van der Waals surface area (Å²) in [5.41, 5.74) is -0.406. The summed E-state index contributed by atoms with van der Waals surface area (Å²) >= 11 is 0. The second-order valence-electron chi connectivity index (χ2n) is 4.15. The van der Waals surface area contributed by atoms with Gasteiger partial charge in [-0.25, -0.2) is 4.79 Å². The Kier molecular flexibility index (Phi) is 2.35. The van der Waals surface area contributed by atoms with E-state index < -0.39 is 5.60 Å². The van der Waals surface area contributed by atoms with E-state index in [1.807, 2.05) is 20.8 Å². The van der Waals surface area contributed by atoms with Gasteiger partial charge in [0.15, 0.2) is 0 Å². The number of hydrogen-bond acceptors (Lipinski definition) is 2. The van der Waals surface area contributed by atoms with Gasteiger partial charge in [0.2, 0.25) is 0 Å². The molecule has 0 aromatic heterocycles. The second kappa shape index (κ2) is 3.00. The van der Waals surface area contributed by atoms with Crippen molar-refractivity contribution in [2.24, 2.45) is 0 Å². The predicted octanol–water partition coefficient (Wildman–Crippen LogP) is 1.19. The SMILES string of the molecule is [B]C1CN(C(=O)OC(C)(C)C)C1. The first-order valence-corrected chi connectivity index (χ1v) is 4.12. The summed E-state index contributed by atoms with van der Waals surface area (Å²) in [6.45, 7) is 6.80. The molecule has 0 spiro atoms. The van der Waals surface area contributed by atoms with Crippen LogP contribution in [0.4, 0.5) is 4.79 Å². The molecule has 0 aromatic carbocycles. The highest BCUT2D eigenvalue weighted by molar-refractivity contribution is 6.13. The normalized spacial score (nSPS) is 18.8. The summed E-state index contributed by atoms with van der Waals surface area (Å²) in [6.07, 6.45) is -0.260. The van der Waals surface area contributed by atoms with Crippen molar-refractivity contribution in [1.82, 2.24) is 4.90 Å². The van der Waals surface area contributed by atoms with Crippen molar-refractivity contribution in [3.63, 3.8) is 0 Å². The monoisotopic (exact) mass is 167 g/mol. The summed E-state index contributed by atoms with van der Waals surface area (Å²) in [5.74, 6) is 0.137. The summed E-state index contributed by atoms with van der Waals surface area (Å²) < 4.78 is 5.12. The van der Waals surface area contributed by atoms with Crippen molar-refractivity contribution in [2.75, 3.05) is 13.1 Å². The maximum Gasteiger partial charge on any atom is 0.410 e. The maximum atomic E-state index is 11.2. The molecule has 0 aromatic rings. The van der Waals surface area contributed by atoms with E-state index in [-0.39, 0.29) is 11.9 Å². The van der Waals surface area contributed by atoms with E-state index in [0.29, 0.717) is 13.1 Å². The Bertz CT molecular complexity index is 182. The van der Waals surface area contributed by atoms with Crippen molar-refractivity contribution in [3.05, 3.63) is 0 Å². The number of amides is 1. The first kappa shape index (κ1) is 9.42. The third-order valence-corrected chi connectivity index (χ3v) is 1.56. The Hall–Kier alpha value is -0.665. The highest BCUT2D eigenvalue weighted by atomic mass is 16.6. The number of nitrogens with zero attached hydrogens (tertiary/aromatic N) is 1. The third kappa shape index (κ3) is 2.43. The van der Waals surface area contributed by atoms with Crippen LogP contribution in [0.5, 0.6) is 0 Å². The van der Waals surface area contributed by atoms with Crippen LogP contribution in [0.2, 0.25) is 5.82 Å². The first-order valence-electron chi connectivity index (χ1n) is 4.12. The van der Waals surface area contributed by atoms with Gasteiger partial charge in [0, 0.05) is 13.1 Å². The molecule has 1 saturated heterocycles. The molecule has 0 unspecified atom stereocenters. The molecule has 2 radical (unpaired) electrons. The zero-order valence-electron chi connectivity index (χ0n) is 7.83. The number of ether oxygens (including phenoxy) is 1. The zero-order valence-corrected chi connectivity index (χ0v) is 7.83. The van der Waals surface area contributed by atoms with Crippen LogP contribution in [0.15, 0.2) is 0 Å². The highest BCUT2D eigenvalue weighted by Crippen LogP contribution is 2.20. The fourth-order valence-electron chi connectivity index (χ4n) is 0.988. The van der Waals surface area contributed by atoms with Gasteiger partial charge in [-0.2, -0.15) is 0 Å². The van der Waals surface area contributed by atoms with E-state index >= 15 is 0 Å². The Labute approximate surface area is 74.5 Å². The largest absolute Gasteiger partial charge is 0.444 e. The number of carbonyl (C=O) groups is 1. The zero-order chi connectivity index (χ0) is 9.35. The molecule has 1 amide bonds. The van der Waals surface area contributed by atoms with E-state index in [0.717, 1.165) is 0 Å². The van der Waals surface area contributed by atoms with E-state index in [1.54, 1.807) is 4.90 Å². The first-order chi connectivity index (χ1) is 5.38. The molecule has 0 saturated carbocycles. The van der Waals surface area contributed by atoms with Gasteiger partial charge >= 0.3 is 6.09 Å². The van der Waals surface area contributed by atoms with Crippen LogP contribution in [0.3, 0.4) is 0 Å². The molecular formula is C8H14BNO2. The summed E-state index contributed by atoms with van der Waals surface area (Å²) in [6, 6.07) is 0. The minimum Gasteiger partial charge on any atom is -0.444 e. The molecular weight excluding hydrogens is 153 g/mol. The molecule has 1 heterocycles. The van der Waals surface area contributed by atoms with Gasteiger partial charge in [0.25, 0.3) is 0 Å². The Morgan fingerprint density at radius 3 is 2.33 bits per heavy atom. The molecule has 0 aliphatic carbocycles. The molecule has 0 N–H and O–H groups in total. The third-order valence-electron chi connectivity index (χ3n) is 1.56. The second-order valence-corrected chi connectivity index (χ2v) is 4.15. The van der Waals surface area contributed by atoms with Gasteiger partial charge in [-0.05, 0) is 26.6 Å². The van der Waals surface area contributed by atoms with E-state index in [2.05, 4.69) is 0 Å². The minimum atomic E-state index is -0.406. The van der Waals surface area contributed by atoms with Crippen LogP contribution in [-0.2, 0) is 4.74 Å². The maximum absolute atomic E-state index is 11.2. The number of hydrogen-bond donors (Lipinski definition) is 0. The standard InChI is InChI=1S/C8H14BNO2/c1-8(2,3)12-7(11)10-4-6(9)5-10/h6H,4-5H2,1-3H3.